The number of carbonyl (C=O) groups excluding carboxylic acids is 1. The zero-order chi connectivity index (χ0) is 13.7. The molecule has 0 bridgehead atoms. The van der Waals surface area contributed by atoms with Gasteiger partial charge in [-0.1, -0.05) is 18.2 Å². The molecule has 0 radical (unpaired) electrons. The van der Waals surface area contributed by atoms with Gasteiger partial charge in [-0.15, -0.1) is 0 Å². The lowest BCUT2D eigenvalue weighted by atomic mass is 10.1. The lowest BCUT2D eigenvalue weighted by Gasteiger charge is -1.94. The van der Waals surface area contributed by atoms with Crippen molar-refractivity contribution in [3.63, 3.8) is 0 Å². The van der Waals surface area contributed by atoms with Crippen molar-refractivity contribution in [1.82, 2.24) is 0 Å². The van der Waals surface area contributed by atoms with Crippen LogP contribution in [-0.4, -0.2) is 11.0 Å². The van der Waals surface area contributed by atoms with Gasteiger partial charge in [0, 0.05) is 22.4 Å². The molecule has 2 rings (SSSR count). The number of nitriles is 1. The summed E-state index contributed by atoms with van der Waals surface area (Å²) in [5, 5.41) is 17.7. The van der Waals surface area contributed by atoms with E-state index in [-0.39, 0.29) is 5.78 Å². The summed E-state index contributed by atoms with van der Waals surface area (Å²) >= 11 is 0. The van der Waals surface area contributed by atoms with Crippen LogP contribution in [-0.2, 0) is 0 Å². The van der Waals surface area contributed by atoms with Crippen LogP contribution in [0.2, 0.25) is 0 Å². The van der Waals surface area contributed by atoms with Crippen molar-refractivity contribution < 1.29 is 14.7 Å². The summed E-state index contributed by atoms with van der Waals surface area (Å²) in [6.07, 6.45) is 5.92. The topological polar surface area (TPSA) is 65.0 Å². The third-order valence-corrected chi connectivity index (χ3v) is 2.57. The van der Waals surface area contributed by atoms with Crippen molar-refractivity contribution >= 4 is 11.9 Å². The Balaban J connectivity index is 2.11. The number of rotatable bonds is 3. The molecule has 4 heteroatoms. The van der Waals surface area contributed by atoms with Crippen LogP contribution in [0.4, 0.5) is 0 Å². The second kappa shape index (κ2) is 5.61. The van der Waals surface area contributed by atoms with Gasteiger partial charge >= 0.3 is 0 Å². The van der Waals surface area contributed by atoms with Crippen LogP contribution in [0, 0.1) is 11.3 Å². The lowest BCUT2D eigenvalue weighted by molar-refractivity contribution is -0.904. The summed E-state index contributed by atoms with van der Waals surface area (Å²) in [6.45, 7) is 0. The van der Waals surface area contributed by atoms with E-state index in [1.807, 2.05) is 6.07 Å². The Morgan fingerprint density at radius 2 is 1.79 bits per heavy atom. The first-order valence-electron chi connectivity index (χ1n) is 5.62. The average molecular weight is 251 g/mol. The molecule has 0 aliphatic rings. The van der Waals surface area contributed by atoms with Gasteiger partial charge in [-0.05, 0) is 23.8 Å². The molecule has 1 aromatic carbocycles. The highest BCUT2D eigenvalue weighted by molar-refractivity contribution is 6.06. The molecule has 1 aromatic heterocycles. The van der Waals surface area contributed by atoms with Gasteiger partial charge < -0.3 is 0 Å². The van der Waals surface area contributed by atoms with Crippen molar-refractivity contribution in [2.24, 2.45) is 0 Å². The Morgan fingerprint density at radius 1 is 1.16 bits per heavy atom. The lowest BCUT2D eigenvalue weighted by Crippen LogP contribution is -2.28. The molecular weight excluding hydrogens is 240 g/mol. The summed E-state index contributed by atoms with van der Waals surface area (Å²) in [5.74, 6) is -0.148. The molecule has 0 amide bonds. The monoisotopic (exact) mass is 251 g/mol. The molecule has 0 unspecified atom stereocenters. The minimum absolute atomic E-state index is 0.148. The molecule has 2 aromatic rings. The Labute approximate surface area is 110 Å². The zero-order valence-corrected chi connectivity index (χ0v) is 10.0. The molecule has 0 saturated heterocycles. The predicted octanol–water partition coefficient (Wildman–Crippen LogP) is 1.98. The molecule has 4 nitrogen and oxygen atoms in total. The summed E-state index contributed by atoms with van der Waals surface area (Å²) in [6, 6.07) is 12.0. The molecule has 0 spiro atoms. The van der Waals surface area contributed by atoms with E-state index in [0.29, 0.717) is 11.1 Å². The Kier molecular flexibility index (Phi) is 3.70. The summed E-state index contributed by atoms with van der Waals surface area (Å²) in [7, 11) is 0. The quantitative estimate of drug-likeness (QED) is 0.392. The number of pyridine rings is 1. The number of ketones is 1. The van der Waals surface area contributed by atoms with Crippen LogP contribution in [0.25, 0.3) is 6.08 Å². The second-order valence-corrected chi connectivity index (χ2v) is 3.90. The van der Waals surface area contributed by atoms with E-state index >= 15 is 0 Å². The molecule has 1 N–H and O–H groups in total. The minimum atomic E-state index is -0.148. The highest BCUT2D eigenvalue weighted by Gasteiger charge is 2.04. The molecule has 0 aliphatic heterocycles. The van der Waals surface area contributed by atoms with Gasteiger partial charge in [0.25, 0.3) is 0 Å². The number of aromatic nitrogens is 1. The zero-order valence-electron chi connectivity index (χ0n) is 10.0. The van der Waals surface area contributed by atoms with Crippen molar-refractivity contribution in [3.8, 4) is 6.07 Å². The van der Waals surface area contributed by atoms with Gasteiger partial charge in [-0.25, -0.2) is 0 Å². The van der Waals surface area contributed by atoms with Gasteiger partial charge in [0.15, 0.2) is 5.78 Å². The van der Waals surface area contributed by atoms with E-state index in [1.54, 1.807) is 30.3 Å². The minimum Gasteiger partial charge on any atom is -0.289 e. The van der Waals surface area contributed by atoms with Gasteiger partial charge in [-0.2, -0.15) is 5.26 Å². The van der Waals surface area contributed by atoms with Crippen LogP contribution in [0.3, 0.4) is 0 Å². The fraction of sp³-hybridized carbons (Fsp3) is 0. The summed E-state index contributed by atoms with van der Waals surface area (Å²) in [4.78, 5) is 11.8. The van der Waals surface area contributed by atoms with E-state index in [9.17, 15) is 4.79 Å². The van der Waals surface area contributed by atoms with Gasteiger partial charge in [0.2, 0.25) is 12.4 Å². The van der Waals surface area contributed by atoms with Crippen LogP contribution in [0.15, 0.2) is 54.9 Å². The molecule has 0 fully saturated rings. The molecule has 1 heterocycles. The fourth-order valence-corrected chi connectivity index (χ4v) is 1.52. The predicted molar refractivity (Wildman–Crippen MR) is 68.3 cm³/mol. The summed E-state index contributed by atoms with van der Waals surface area (Å²) in [5.41, 5.74) is 1.93. The number of hydrogen-bond acceptors (Lipinski definition) is 3. The second-order valence-electron chi connectivity index (χ2n) is 3.90. The standard InChI is InChI=1S/C15H11N2O2/c16-11-13-3-1-12(2-4-13)5-6-15(18)14-7-9-17(19)10-8-14/h1-10,19H/q+1. The smallest absolute Gasteiger partial charge is 0.223 e. The van der Waals surface area contributed by atoms with E-state index in [0.717, 1.165) is 10.3 Å². The maximum Gasteiger partial charge on any atom is 0.223 e. The number of carbonyl (C=O) groups is 1. The molecular formula is C15H11N2O2+. The van der Waals surface area contributed by atoms with E-state index in [1.165, 1.54) is 30.6 Å². The maximum absolute atomic E-state index is 11.8. The van der Waals surface area contributed by atoms with Crippen molar-refractivity contribution in [2.75, 3.05) is 0 Å². The fourth-order valence-electron chi connectivity index (χ4n) is 1.52. The first-order chi connectivity index (χ1) is 9.19. The highest BCUT2D eigenvalue weighted by Crippen LogP contribution is 2.07. The van der Waals surface area contributed by atoms with Crippen molar-refractivity contribution in [3.05, 3.63) is 71.6 Å². The Morgan fingerprint density at radius 3 is 2.37 bits per heavy atom. The first-order valence-corrected chi connectivity index (χ1v) is 5.62. The van der Waals surface area contributed by atoms with Crippen LogP contribution in [0.5, 0.6) is 0 Å². The molecule has 92 valence electrons. The van der Waals surface area contributed by atoms with E-state index in [2.05, 4.69) is 0 Å². The Hall–Kier alpha value is -2.93. The maximum atomic E-state index is 11.8. The molecule has 19 heavy (non-hydrogen) atoms. The van der Waals surface area contributed by atoms with Crippen LogP contribution in [0.1, 0.15) is 21.5 Å². The van der Waals surface area contributed by atoms with Crippen molar-refractivity contribution in [2.45, 2.75) is 0 Å². The van der Waals surface area contributed by atoms with Gasteiger partial charge in [0.05, 0.1) is 11.6 Å². The van der Waals surface area contributed by atoms with Gasteiger partial charge in [0.1, 0.15) is 0 Å². The van der Waals surface area contributed by atoms with Crippen LogP contribution < -0.4 is 4.73 Å². The van der Waals surface area contributed by atoms with E-state index < -0.39 is 0 Å². The third-order valence-electron chi connectivity index (χ3n) is 2.57. The molecule has 0 atom stereocenters. The van der Waals surface area contributed by atoms with Gasteiger partial charge in [-0.3, -0.25) is 10.0 Å². The van der Waals surface area contributed by atoms with Crippen LogP contribution >= 0.6 is 0 Å². The van der Waals surface area contributed by atoms with E-state index in [4.69, 9.17) is 10.5 Å². The molecule has 0 saturated carbocycles. The average Bonchev–Trinajstić information content (AvgIpc) is 2.46. The number of hydrogen-bond donors (Lipinski definition) is 1. The third kappa shape index (κ3) is 3.27. The first kappa shape index (κ1) is 12.5. The number of nitrogens with zero attached hydrogens (tertiary/aromatic N) is 2. The number of allylic oxidation sites excluding steroid dienone is 1. The highest BCUT2D eigenvalue weighted by atomic mass is 16.5. The largest absolute Gasteiger partial charge is 0.289 e. The van der Waals surface area contributed by atoms with Crippen molar-refractivity contribution in [1.29, 1.82) is 5.26 Å². The normalized spacial score (nSPS) is 10.3. The summed E-state index contributed by atoms with van der Waals surface area (Å²) < 4.78 is 0.876. The Bertz CT molecular complexity index is 650. The molecule has 0 aliphatic carbocycles. The number of benzene rings is 1. The SMILES string of the molecule is N#Cc1ccc(C=CC(=O)c2cc[n+](O)cc2)cc1.